The molecule has 0 bridgehead atoms. The first kappa shape index (κ1) is 8.69. The zero-order chi connectivity index (χ0) is 9.47. The first-order valence-electron chi connectivity index (χ1n) is 4.79. The maximum Gasteiger partial charge on any atom is 0.152 e. The zero-order valence-corrected chi connectivity index (χ0v) is 8.25. The summed E-state index contributed by atoms with van der Waals surface area (Å²) in [4.78, 5) is 0. The van der Waals surface area contributed by atoms with Crippen molar-refractivity contribution < 1.29 is 0 Å². The molecule has 1 aliphatic rings. The van der Waals surface area contributed by atoms with Crippen LogP contribution in [0.15, 0.2) is 0 Å². The van der Waals surface area contributed by atoms with E-state index in [9.17, 15) is 0 Å². The monoisotopic (exact) mass is 180 g/mol. The fourth-order valence-corrected chi connectivity index (χ4v) is 2.07. The largest absolute Gasteiger partial charge is 0.319 e. The summed E-state index contributed by atoms with van der Waals surface area (Å²) in [5.74, 6) is 1.88. The lowest BCUT2D eigenvalue weighted by Gasteiger charge is -2.21. The van der Waals surface area contributed by atoms with E-state index in [1.165, 1.54) is 12.8 Å². The molecule has 0 radical (unpaired) electrons. The van der Waals surface area contributed by atoms with Gasteiger partial charge in [0.15, 0.2) is 5.82 Å². The van der Waals surface area contributed by atoms with E-state index < -0.39 is 0 Å². The maximum absolute atomic E-state index is 6.27. The molecule has 0 atom stereocenters. The maximum atomic E-state index is 6.27. The van der Waals surface area contributed by atoms with Crippen LogP contribution in [-0.4, -0.2) is 14.8 Å². The lowest BCUT2D eigenvalue weighted by molar-refractivity contribution is 0.415. The number of aromatic nitrogens is 3. The van der Waals surface area contributed by atoms with E-state index in [4.69, 9.17) is 5.73 Å². The van der Waals surface area contributed by atoms with Crippen LogP contribution in [0.25, 0.3) is 0 Å². The third kappa shape index (κ3) is 1.25. The summed E-state index contributed by atoms with van der Waals surface area (Å²) < 4.78 is 2.01. The number of nitrogens with two attached hydrogens (primary N) is 1. The molecule has 4 heteroatoms. The number of hydrogen-bond acceptors (Lipinski definition) is 3. The topological polar surface area (TPSA) is 56.7 Å². The highest BCUT2D eigenvalue weighted by molar-refractivity contribution is 5.09. The molecule has 0 unspecified atom stereocenters. The van der Waals surface area contributed by atoms with Crippen LogP contribution in [0.5, 0.6) is 0 Å². The molecular weight excluding hydrogens is 164 g/mol. The summed E-state index contributed by atoms with van der Waals surface area (Å²) in [5.41, 5.74) is 6.06. The molecule has 1 saturated carbocycles. The Morgan fingerprint density at radius 2 is 1.92 bits per heavy atom. The Labute approximate surface area is 78.1 Å². The SMILES string of the molecule is Cc1nnc(C2(N)CCCC2)n1C. The standard InChI is InChI=1S/C9H16N4/c1-7-11-12-8(13(7)2)9(10)5-3-4-6-9/h3-6,10H2,1-2H3. The Balaban J connectivity index is 2.39. The molecule has 0 saturated heterocycles. The van der Waals surface area contributed by atoms with Gasteiger partial charge in [-0.3, -0.25) is 0 Å². The molecule has 0 spiro atoms. The summed E-state index contributed by atoms with van der Waals surface area (Å²) in [7, 11) is 1.98. The molecule has 2 N–H and O–H groups in total. The van der Waals surface area contributed by atoms with Crippen LogP contribution in [0.4, 0.5) is 0 Å². The van der Waals surface area contributed by atoms with E-state index >= 15 is 0 Å². The van der Waals surface area contributed by atoms with Crippen LogP contribution in [0.2, 0.25) is 0 Å². The number of hydrogen-bond donors (Lipinski definition) is 1. The summed E-state index contributed by atoms with van der Waals surface area (Å²) in [6.45, 7) is 1.95. The van der Waals surface area contributed by atoms with E-state index in [1.807, 2.05) is 18.5 Å². The fourth-order valence-electron chi connectivity index (χ4n) is 2.07. The van der Waals surface area contributed by atoms with Crippen LogP contribution in [0.1, 0.15) is 37.3 Å². The normalized spacial score (nSPS) is 20.8. The number of aryl methyl sites for hydroxylation is 1. The van der Waals surface area contributed by atoms with E-state index in [0.717, 1.165) is 24.5 Å². The predicted molar refractivity (Wildman–Crippen MR) is 50.1 cm³/mol. The van der Waals surface area contributed by atoms with Crippen LogP contribution in [-0.2, 0) is 12.6 Å². The van der Waals surface area contributed by atoms with Gasteiger partial charge in [-0.05, 0) is 19.8 Å². The van der Waals surface area contributed by atoms with Gasteiger partial charge in [0.05, 0.1) is 5.54 Å². The van der Waals surface area contributed by atoms with Gasteiger partial charge in [-0.2, -0.15) is 0 Å². The van der Waals surface area contributed by atoms with Crippen LogP contribution < -0.4 is 5.73 Å². The minimum Gasteiger partial charge on any atom is -0.319 e. The van der Waals surface area contributed by atoms with E-state index in [-0.39, 0.29) is 5.54 Å². The van der Waals surface area contributed by atoms with Gasteiger partial charge < -0.3 is 10.3 Å². The number of nitrogens with zero attached hydrogens (tertiary/aromatic N) is 3. The first-order valence-corrected chi connectivity index (χ1v) is 4.79. The highest BCUT2D eigenvalue weighted by Gasteiger charge is 2.35. The third-order valence-corrected chi connectivity index (χ3v) is 3.03. The Hall–Kier alpha value is -0.900. The molecule has 0 aliphatic heterocycles. The zero-order valence-electron chi connectivity index (χ0n) is 8.25. The van der Waals surface area contributed by atoms with Crippen molar-refractivity contribution in [2.24, 2.45) is 12.8 Å². The molecule has 1 aliphatic carbocycles. The van der Waals surface area contributed by atoms with Crippen molar-refractivity contribution in [3.63, 3.8) is 0 Å². The van der Waals surface area contributed by atoms with Gasteiger partial charge in [-0.25, -0.2) is 0 Å². The Bertz CT molecular complexity index is 309. The van der Waals surface area contributed by atoms with Crippen molar-refractivity contribution in [3.8, 4) is 0 Å². The van der Waals surface area contributed by atoms with Crippen molar-refractivity contribution >= 4 is 0 Å². The highest BCUT2D eigenvalue weighted by atomic mass is 15.3. The van der Waals surface area contributed by atoms with Gasteiger partial charge >= 0.3 is 0 Å². The molecule has 2 rings (SSSR count). The van der Waals surface area contributed by atoms with E-state index in [0.29, 0.717) is 0 Å². The second-order valence-corrected chi connectivity index (χ2v) is 3.99. The Morgan fingerprint density at radius 1 is 1.31 bits per heavy atom. The second-order valence-electron chi connectivity index (χ2n) is 3.99. The van der Waals surface area contributed by atoms with Crippen molar-refractivity contribution in [1.29, 1.82) is 0 Å². The molecule has 0 aromatic carbocycles. The second kappa shape index (κ2) is 2.80. The summed E-state index contributed by atoms with van der Waals surface area (Å²) in [6, 6.07) is 0. The predicted octanol–water partition coefficient (Wildman–Crippen LogP) is 0.852. The molecule has 1 heterocycles. The van der Waals surface area contributed by atoms with Crippen molar-refractivity contribution in [1.82, 2.24) is 14.8 Å². The van der Waals surface area contributed by atoms with Gasteiger partial charge in [0.25, 0.3) is 0 Å². The first-order chi connectivity index (χ1) is 6.13. The Morgan fingerprint density at radius 3 is 2.38 bits per heavy atom. The van der Waals surface area contributed by atoms with Crippen molar-refractivity contribution in [3.05, 3.63) is 11.6 Å². The highest BCUT2D eigenvalue weighted by Crippen LogP contribution is 2.34. The van der Waals surface area contributed by atoms with E-state index in [1.54, 1.807) is 0 Å². The van der Waals surface area contributed by atoms with Crippen LogP contribution >= 0.6 is 0 Å². The number of rotatable bonds is 1. The molecular formula is C9H16N4. The summed E-state index contributed by atoms with van der Waals surface area (Å²) >= 11 is 0. The smallest absolute Gasteiger partial charge is 0.152 e. The fraction of sp³-hybridized carbons (Fsp3) is 0.778. The van der Waals surface area contributed by atoms with Crippen LogP contribution in [0.3, 0.4) is 0 Å². The van der Waals surface area contributed by atoms with Gasteiger partial charge in [0.1, 0.15) is 5.82 Å². The molecule has 72 valence electrons. The van der Waals surface area contributed by atoms with Crippen LogP contribution in [0, 0.1) is 6.92 Å². The lowest BCUT2D eigenvalue weighted by Crippen LogP contribution is -2.36. The molecule has 1 aromatic rings. The van der Waals surface area contributed by atoms with Gasteiger partial charge in [-0.1, -0.05) is 12.8 Å². The van der Waals surface area contributed by atoms with E-state index in [2.05, 4.69) is 10.2 Å². The Kier molecular flexibility index (Phi) is 1.87. The molecule has 1 aromatic heterocycles. The average Bonchev–Trinajstić information content (AvgIpc) is 2.63. The molecule has 1 fully saturated rings. The van der Waals surface area contributed by atoms with Gasteiger partial charge in [0.2, 0.25) is 0 Å². The minimum atomic E-state index is -0.212. The van der Waals surface area contributed by atoms with Crippen molar-refractivity contribution in [2.75, 3.05) is 0 Å². The third-order valence-electron chi connectivity index (χ3n) is 3.03. The average molecular weight is 180 g/mol. The van der Waals surface area contributed by atoms with Gasteiger partial charge in [0, 0.05) is 7.05 Å². The molecule has 4 nitrogen and oxygen atoms in total. The minimum absolute atomic E-state index is 0.212. The lowest BCUT2D eigenvalue weighted by atomic mass is 9.98. The van der Waals surface area contributed by atoms with Crippen molar-refractivity contribution in [2.45, 2.75) is 38.1 Å². The summed E-state index contributed by atoms with van der Waals surface area (Å²) in [6.07, 6.45) is 4.50. The molecule has 13 heavy (non-hydrogen) atoms. The van der Waals surface area contributed by atoms with Gasteiger partial charge in [-0.15, -0.1) is 10.2 Å². The quantitative estimate of drug-likeness (QED) is 0.697. The summed E-state index contributed by atoms with van der Waals surface area (Å²) in [5, 5.41) is 8.20. The molecule has 0 amide bonds.